The summed E-state index contributed by atoms with van der Waals surface area (Å²) in [4.78, 5) is 0. The molecule has 4 rings (SSSR count). The summed E-state index contributed by atoms with van der Waals surface area (Å²) in [5, 5.41) is 0. The van der Waals surface area contributed by atoms with Gasteiger partial charge in [-0.15, -0.1) is 0 Å². The summed E-state index contributed by atoms with van der Waals surface area (Å²) < 4.78 is 55.3. The lowest BCUT2D eigenvalue weighted by Gasteiger charge is -2.27. The van der Waals surface area contributed by atoms with Crippen LogP contribution in [0.3, 0.4) is 0 Å². The van der Waals surface area contributed by atoms with E-state index in [0.717, 1.165) is 12.0 Å². The topological polar surface area (TPSA) is 18.5 Å². The van der Waals surface area contributed by atoms with Gasteiger partial charge in [0.1, 0.15) is 5.82 Å². The average Bonchev–Trinajstić information content (AvgIpc) is 2.85. The number of ether oxygens (including phenoxy) is 2. The van der Waals surface area contributed by atoms with Crippen molar-refractivity contribution in [1.29, 1.82) is 0 Å². The molecule has 0 N–H and O–H groups in total. The third-order valence-corrected chi connectivity index (χ3v) is 6.18. The Kier molecular flexibility index (Phi) is 7.86. The molecular formula is C29H29F3O2. The lowest BCUT2D eigenvalue weighted by atomic mass is 9.95. The normalized spacial score (nSPS) is 18.5. The molecule has 0 amide bonds. The molecule has 0 saturated carbocycles. The van der Waals surface area contributed by atoms with Crippen LogP contribution in [0, 0.1) is 17.5 Å². The predicted octanol–water partition coefficient (Wildman–Crippen LogP) is 7.81. The van der Waals surface area contributed by atoms with Crippen molar-refractivity contribution in [2.75, 3.05) is 13.2 Å². The Labute approximate surface area is 199 Å². The van der Waals surface area contributed by atoms with Crippen LogP contribution in [0.5, 0.6) is 0 Å². The fourth-order valence-corrected chi connectivity index (χ4v) is 4.17. The van der Waals surface area contributed by atoms with Crippen LogP contribution in [0.25, 0.3) is 22.3 Å². The van der Waals surface area contributed by atoms with Crippen molar-refractivity contribution in [2.24, 2.45) is 0 Å². The minimum atomic E-state index is -0.855. The van der Waals surface area contributed by atoms with E-state index in [1.807, 2.05) is 32.1 Å². The lowest BCUT2D eigenvalue weighted by molar-refractivity contribution is -0.176. The smallest absolute Gasteiger partial charge is 0.166 e. The van der Waals surface area contributed by atoms with E-state index in [9.17, 15) is 13.2 Å². The lowest BCUT2D eigenvalue weighted by Crippen LogP contribution is -2.28. The molecule has 0 atom stereocenters. The number of allylic oxidation sites excluding steroid dienone is 2. The highest BCUT2D eigenvalue weighted by Crippen LogP contribution is 2.32. The Morgan fingerprint density at radius 1 is 0.824 bits per heavy atom. The van der Waals surface area contributed by atoms with E-state index < -0.39 is 11.6 Å². The highest BCUT2D eigenvalue weighted by Gasteiger charge is 2.22. The van der Waals surface area contributed by atoms with Crippen LogP contribution in [-0.4, -0.2) is 19.5 Å². The fourth-order valence-electron chi connectivity index (χ4n) is 4.17. The molecule has 0 bridgehead atoms. The highest BCUT2D eigenvalue weighted by molar-refractivity contribution is 5.71. The van der Waals surface area contributed by atoms with E-state index in [4.69, 9.17) is 9.47 Å². The second-order valence-electron chi connectivity index (χ2n) is 8.57. The summed E-state index contributed by atoms with van der Waals surface area (Å²) in [5.74, 6) is -2.02. The van der Waals surface area contributed by atoms with Crippen LogP contribution in [0.15, 0.2) is 66.7 Å². The Bertz CT molecular complexity index is 1150. The van der Waals surface area contributed by atoms with Gasteiger partial charge in [-0.2, -0.15) is 0 Å². The van der Waals surface area contributed by atoms with Crippen LogP contribution in [0.2, 0.25) is 0 Å². The second kappa shape index (κ2) is 11.0. The Morgan fingerprint density at radius 3 is 2.12 bits per heavy atom. The molecule has 1 fully saturated rings. The van der Waals surface area contributed by atoms with E-state index in [-0.39, 0.29) is 23.6 Å². The number of halogens is 3. The van der Waals surface area contributed by atoms with Gasteiger partial charge in [-0.25, -0.2) is 13.2 Å². The van der Waals surface area contributed by atoms with E-state index in [1.165, 1.54) is 6.07 Å². The molecule has 1 saturated heterocycles. The fraction of sp³-hybridized carbons (Fsp3) is 0.310. The van der Waals surface area contributed by atoms with E-state index in [1.54, 1.807) is 42.5 Å². The van der Waals surface area contributed by atoms with Gasteiger partial charge in [0.05, 0.1) is 13.2 Å². The summed E-state index contributed by atoms with van der Waals surface area (Å²) >= 11 is 0. The van der Waals surface area contributed by atoms with Gasteiger partial charge in [0.25, 0.3) is 0 Å². The van der Waals surface area contributed by atoms with Gasteiger partial charge in [-0.1, -0.05) is 67.6 Å². The minimum absolute atomic E-state index is 0.00867. The first-order valence-electron chi connectivity index (χ1n) is 11.7. The second-order valence-corrected chi connectivity index (χ2v) is 8.57. The summed E-state index contributed by atoms with van der Waals surface area (Å²) in [6.45, 7) is 4.85. The molecule has 34 heavy (non-hydrogen) atoms. The third kappa shape index (κ3) is 5.43. The molecule has 1 heterocycles. The highest BCUT2D eigenvalue weighted by atomic mass is 19.2. The number of benzene rings is 3. The Balaban J connectivity index is 1.51. The standard InChI is InChI=1S/C29H29F3O2/c1-3-4-5-6-7-22-12-15-26(29(32)28(22)31)21-10-8-20(9-11-21)25-14-13-23(16-27(25)30)24-17-33-19(2)34-18-24/h4-5,8-16,19,24H,3,6-7,17-18H2,1-2H3/b5-4+. The van der Waals surface area contributed by atoms with Gasteiger partial charge in [-0.05, 0) is 54.5 Å². The van der Waals surface area contributed by atoms with Gasteiger partial charge in [0.2, 0.25) is 0 Å². The van der Waals surface area contributed by atoms with E-state index in [0.29, 0.717) is 48.3 Å². The van der Waals surface area contributed by atoms with Crippen molar-refractivity contribution in [3.05, 3.63) is 95.3 Å². The summed E-state index contributed by atoms with van der Waals surface area (Å²) in [5.41, 5.74) is 3.04. The largest absolute Gasteiger partial charge is 0.352 e. The maximum absolute atomic E-state index is 14.9. The van der Waals surface area contributed by atoms with Crippen LogP contribution >= 0.6 is 0 Å². The summed E-state index contributed by atoms with van der Waals surface area (Å²) in [6.07, 6.45) is 5.79. The molecule has 2 nitrogen and oxygen atoms in total. The van der Waals surface area contributed by atoms with Crippen LogP contribution in [-0.2, 0) is 15.9 Å². The zero-order valence-corrected chi connectivity index (χ0v) is 19.5. The average molecular weight is 467 g/mol. The zero-order valence-electron chi connectivity index (χ0n) is 19.5. The van der Waals surface area contributed by atoms with E-state index >= 15 is 0 Å². The first-order valence-corrected chi connectivity index (χ1v) is 11.7. The van der Waals surface area contributed by atoms with Crippen molar-refractivity contribution in [3.63, 3.8) is 0 Å². The van der Waals surface area contributed by atoms with Crippen LogP contribution in [0.4, 0.5) is 13.2 Å². The van der Waals surface area contributed by atoms with E-state index in [2.05, 4.69) is 0 Å². The molecule has 3 aromatic rings. The van der Waals surface area contributed by atoms with Gasteiger partial charge in [0.15, 0.2) is 17.9 Å². The molecule has 5 heteroatoms. The van der Waals surface area contributed by atoms with Crippen molar-refractivity contribution in [1.82, 2.24) is 0 Å². The predicted molar refractivity (Wildman–Crippen MR) is 129 cm³/mol. The molecule has 0 unspecified atom stereocenters. The molecule has 0 aliphatic carbocycles. The molecule has 178 valence electrons. The number of rotatable bonds is 7. The monoisotopic (exact) mass is 466 g/mol. The maximum atomic E-state index is 14.9. The quantitative estimate of drug-likeness (QED) is 0.331. The van der Waals surface area contributed by atoms with Crippen molar-refractivity contribution in [3.8, 4) is 22.3 Å². The van der Waals surface area contributed by atoms with Gasteiger partial charge >= 0.3 is 0 Å². The Hall–Kier alpha value is -2.89. The van der Waals surface area contributed by atoms with Crippen LogP contribution < -0.4 is 0 Å². The van der Waals surface area contributed by atoms with Gasteiger partial charge in [0, 0.05) is 17.0 Å². The molecule has 0 spiro atoms. The molecule has 1 aliphatic heterocycles. The molecule has 0 aromatic heterocycles. The van der Waals surface area contributed by atoms with Crippen molar-refractivity contribution >= 4 is 0 Å². The first-order chi connectivity index (χ1) is 16.5. The maximum Gasteiger partial charge on any atom is 0.166 e. The molecule has 3 aromatic carbocycles. The van der Waals surface area contributed by atoms with Crippen molar-refractivity contribution < 1.29 is 22.6 Å². The minimum Gasteiger partial charge on any atom is -0.352 e. The summed E-state index contributed by atoms with van der Waals surface area (Å²) in [6, 6.07) is 15.2. The summed E-state index contributed by atoms with van der Waals surface area (Å²) in [7, 11) is 0. The van der Waals surface area contributed by atoms with Gasteiger partial charge in [-0.3, -0.25) is 0 Å². The third-order valence-electron chi connectivity index (χ3n) is 6.18. The molecule has 0 radical (unpaired) electrons. The van der Waals surface area contributed by atoms with Gasteiger partial charge < -0.3 is 9.47 Å². The van der Waals surface area contributed by atoms with Crippen molar-refractivity contribution in [2.45, 2.75) is 45.3 Å². The Morgan fingerprint density at radius 2 is 1.47 bits per heavy atom. The number of aryl methyl sites for hydroxylation is 1. The zero-order chi connectivity index (χ0) is 24.1. The number of hydrogen-bond donors (Lipinski definition) is 0. The number of hydrogen-bond acceptors (Lipinski definition) is 2. The molecule has 1 aliphatic rings. The first kappa shape index (κ1) is 24.2. The molecular weight excluding hydrogens is 437 g/mol. The SMILES string of the molecule is CC/C=C/CCc1ccc(-c2ccc(-c3ccc(C4COC(C)OC4)cc3F)cc2)c(F)c1F. The van der Waals surface area contributed by atoms with Crippen LogP contribution in [0.1, 0.15) is 43.7 Å².